The van der Waals surface area contributed by atoms with Crippen LogP contribution in [0.25, 0.3) is 0 Å². The number of hydrogen-bond acceptors (Lipinski definition) is 1. The van der Waals surface area contributed by atoms with E-state index >= 15 is 0 Å². The van der Waals surface area contributed by atoms with Crippen molar-refractivity contribution in [3.05, 3.63) is 28.2 Å². The highest BCUT2D eigenvalue weighted by Gasteiger charge is 2.04. The lowest BCUT2D eigenvalue weighted by atomic mass is 10.2. The Morgan fingerprint density at radius 3 is 2.92 bits per heavy atom. The molecule has 0 aliphatic rings. The van der Waals surface area contributed by atoms with Crippen LogP contribution < -0.4 is 5.32 Å². The van der Waals surface area contributed by atoms with Gasteiger partial charge in [-0.05, 0) is 24.6 Å². The second-order valence-electron chi connectivity index (χ2n) is 2.59. The number of carbonyl (C=O) groups excluding carboxylic acids is 1. The van der Waals surface area contributed by atoms with Gasteiger partial charge >= 0.3 is 0 Å². The first-order chi connectivity index (χ1) is 6.15. The lowest BCUT2D eigenvalue weighted by Crippen LogP contribution is -2.13. The number of halogens is 2. The Hall–Kier alpha value is -0.540. The largest absolute Gasteiger partial charge is 0.325 e. The Bertz CT molecular complexity index is 327. The molecule has 0 atom stereocenters. The van der Waals surface area contributed by atoms with E-state index in [4.69, 9.17) is 11.6 Å². The molecule has 0 aromatic heterocycles. The number of anilines is 1. The van der Waals surface area contributed by atoms with Crippen LogP contribution in [0.3, 0.4) is 0 Å². The molecular formula is C9H9BrClNO. The van der Waals surface area contributed by atoms with Crippen molar-refractivity contribution in [2.24, 2.45) is 0 Å². The van der Waals surface area contributed by atoms with Crippen LogP contribution in [0, 0.1) is 6.92 Å². The molecule has 0 fully saturated rings. The number of benzene rings is 1. The average Bonchev–Trinajstić information content (AvgIpc) is 2.13. The predicted octanol–water partition coefficient (Wildman–Crippen LogP) is 2.93. The molecule has 70 valence electrons. The van der Waals surface area contributed by atoms with Gasteiger partial charge in [0.15, 0.2) is 0 Å². The Balaban J connectivity index is 2.89. The molecule has 0 unspecified atom stereocenters. The van der Waals surface area contributed by atoms with E-state index in [0.717, 1.165) is 15.7 Å². The zero-order chi connectivity index (χ0) is 9.84. The first-order valence-electron chi connectivity index (χ1n) is 3.76. The first kappa shape index (κ1) is 10.5. The van der Waals surface area contributed by atoms with Gasteiger partial charge in [0.05, 0.1) is 0 Å². The lowest BCUT2D eigenvalue weighted by Gasteiger charge is -2.07. The van der Waals surface area contributed by atoms with Crippen molar-refractivity contribution in [2.75, 3.05) is 11.2 Å². The summed E-state index contributed by atoms with van der Waals surface area (Å²) in [6, 6.07) is 5.62. The number of carbonyl (C=O) groups is 1. The Kier molecular flexibility index (Phi) is 3.75. The van der Waals surface area contributed by atoms with E-state index in [1.54, 1.807) is 0 Å². The second-order valence-corrected chi connectivity index (χ2v) is 3.72. The molecule has 2 nitrogen and oxygen atoms in total. The summed E-state index contributed by atoms with van der Waals surface area (Å²) in [7, 11) is 0. The molecule has 1 aromatic rings. The van der Waals surface area contributed by atoms with Crippen LogP contribution >= 0.6 is 27.5 Å². The molecule has 13 heavy (non-hydrogen) atoms. The Morgan fingerprint density at radius 1 is 1.62 bits per heavy atom. The summed E-state index contributed by atoms with van der Waals surface area (Å²) in [5.41, 5.74) is 1.79. The van der Waals surface area contributed by atoms with E-state index in [1.165, 1.54) is 0 Å². The summed E-state index contributed by atoms with van der Waals surface area (Å²) in [5, 5.41) is 2.70. The monoisotopic (exact) mass is 261 g/mol. The van der Waals surface area contributed by atoms with E-state index in [0.29, 0.717) is 0 Å². The van der Waals surface area contributed by atoms with Crippen LogP contribution in [-0.2, 0) is 4.79 Å². The molecule has 0 saturated carbocycles. The van der Waals surface area contributed by atoms with Crippen LogP contribution in [0.15, 0.2) is 22.7 Å². The van der Waals surface area contributed by atoms with Gasteiger partial charge in [-0.15, -0.1) is 11.6 Å². The van der Waals surface area contributed by atoms with Gasteiger partial charge in [0.25, 0.3) is 0 Å². The third kappa shape index (κ3) is 2.71. The summed E-state index contributed by atoms with van der Waals surface area (Å²) in [6.45, 7) is 1.92. The maximum Gasteiger partial charge on any atom is 0.239 e. The average molecular weight is 263 g/mol. The highest BCUT2D eigenvalue weighted by atomic mass is 79.9. The Labute approximate surface area is 90.4 Å². The van der Waals surface area contributed by atoms with Gasteiger partial charge in [-0.3, -0.25) is 4.79 Å². The van der Waals surface area contributed by atoms with E-state index in [9.17, 15) is 4.79 Å². The fourth-order valence-corrected chi connectivity index (χ4v) is 1.36. The van der Waals surface area contributed by atoms with Gasteiger partial charge in [0.2, 0.25) is 5.91 Å². The van der Waals surface area contributed by atoms with E-state index in [1.807, 2.05) is 25.1 Å². The van der Waals surface area contributed by atoms with Crippen molar-refractivity contribution in [1.82, 2.24) is 0 Å². The van der Waals surface area contributed by atoms with Crippen molar-refractivity contribution in [3.8, 4) is 0 Å². The minimum atomic E-state index is -0.192. The quantitative estimate of drug-likeness (QED) is 0.816. The SMILES string of the molecule is Cc1c(Br)cccc1NC(=O)CCl. The molecule has 0 radical (unpaired) electrons. The van der Waals surface area contributed by atoms with Crippen molar-refractivity contribution >= 4 is 39.1 Å². The van der Waals surface area contributed by atoms with Crippen molar-refractivity contribution in [3.63, 3.8) is 0 Å². The van der Waals surface area contributed by atoms with Crippen LogP contribution in [0.5, 0.6) is 0 Å². The minimum Gasteiger partial charge on any atom is -0.325 e. The normalized spacial score (nSPS) is 9.77. The number of nitrogens with one attached hydrogen (secondary N) is 1. The van der Waals surface area contributed by atoms with Gasteiger partial charge in [-0.25, -0.2) is 0 Å². The highest BCUT2D eigenvalue weighted by Crippen LogP contribution is 2.23. The third-order valence-electron chi connectivity index (χ3n) is 1.66. The lowest BCUT2D eigenvalue weighted by molar-refractivity contribution is -0.113. The van der Waals surface area contributed by atoms with Gasteiger partial charge in [0.1, 0.15) is 5.88 Å². The molecule has 0 saturated heterocycles. The zero-order valence-corrected chi connectivity index (χ0v) is 9.45. The molecular weight excluding hydrogens is 253 g/mol. The molecule has 0 spiro atoms. The molecule has 0 aliphatic heterocycles. The van der Waals surface area contributed by atoms with Gasteiger partial charge in [-0.1, -0.05) is 22.0 Å². The molecule has 1 aromatic carbocycles. The molecule has 0 aliphatic carbocycles. The molecule has 4 heteroatoms. The maximum absolute atomic E-state index is 11.0. The zero-order valence-electron chi connectivity index (χ0n) is 7.10. The second kappa shape index (κ2) is 4.63. The van der Waals surface area contributed by atoms with Crippen molar-refractivity contribution in [1.29, 1.82) is 0 Å². The summed E-state index contributed by atoms with van der Waals surface area (Å²) in [6.07, 6.45) is 0. The fraction of sp³-hybridized carbons (Fsp3) is 0.222. The number of rotatable bonds is 2. The fourth-order valence-electron chi connectivity index (χ4n) is 0.926. The van der Waals surface area contributed by atoms with Gasteiger partial charge in [0, 0.05) is 10.2 Å². The Morgan fingerprint density at radius 2 is 2.31 bits per heavy atom. The number of amides is 1. The summed E-state index contributed by atoms with van der Waals surface area (Å²) in [5.74, 6) is -0.214. The van der Waals surface area contributed by atoms with Crippen molar-refractivity contribution < 1.29 is 4.79 Å². The van der Waals surface area contributed by atoms with E-state index in [-0.39, 0.29) is 11.8 Å². The van der Waals surface area contributed by atoms with Crippen LogP contribution in [0.1, 0.15) is 5.56 Å². The third-order valence-corrected chi connectivity index (χ3v) is 2.76. The first-order valence-corrected chi connectivity index (χ1v) is 5.09. The van der Waals surface area contributed by atoms with Gasteiger partial charge in [-0.2, -0.15) is 0 Å². The maximum atomic E-state index is 11.0. The van der Waals surface area contributed by atoms with Gasteiger partial charge < -0.3 is 5.32 Å². The highest BCUT2D eigenvalue weighted by molar-refractivity contribution is 9.10. The summed E-state index contributed by atoms with van der Waals surface area (Å²) >= 11 is 8.74. The molecule has 0 heterocycles. The van der Waals surface area contributed by atoms with Crippen LogP contribution in [0.4, 0.5) is 5.69 Å². The topological polar surface area (TPSA) is 29.1 Å². The van der Waals surface area contributed by atoms with Crippen molar-refractivity contribution in [2.45, 2.75) is 6.92 Å². The van der Waals surface area contributed by atoms with Crippen LogP contribution in [0.2, 0.25) is 0 Å². The minimum absolute atomic E-state index is 0.0219. The predicted molar refractivity (Wildman–Crippen MR) is 58.2 cm³/mol. The number of alkyl halides is 1. The molecule has 1 amide bonds. The molecule has 0 bridgehead atoms. The summed E-state index contributed by atoms with van der Waals surface area (Å²) in [4.78, 5) is 11.0. The summed E-state index contributed by atoms with van der Waals surface area (Å²) < 4.78 is 0.972. The van der Waals surface area contributed by atoms with E-state index < -0.39 is 0 Å². The van der Waals surface area contributed by atoms with Crippen LogP contribution in [-0.4, -0.2) is 11.8 Å². The molecule has 1 N–H and O–H groups in total. The number of hydrogen-bond donors (Lipinski definition) is 1. The standard InChI is InChI=1S/C9H9BrClNO/c1-6-7(10)3-2-4-8(6)12-9(13)5-11/h2-4H,5H2,1H3,(H,12,13). The smallest absolute Gasteiger partial charge is 0.239 e. The van der Waals surface area contributed by atoms with E-state index in [2.05, 4.69) is 21.2 Å². The molecule has 1 rings (SSSR count).